The molecule has 0 aliphatic carbocycles. The van der Waals surface area contributed by atoms with Crippen LogP contribution in [0.2, 0.25) is 0 Å². The molecule has 2 heterocycles. The Hall–Kier alpha value is -3.45. The van der Waals surface area contributed by atoms with Gasteiger partial charge < -0.3 is 10.1 Å². The van der Waals surface area contributed by atoms with Crippen molar-refractivity contribution in [3.63, 3.8) is 0 Å². The summed E-state index contributed by atoms with van der Waals surface area (Å²) in [7, 11) is 1.62. The van der Waals surface area contributed by atoms with Gasteiger partial charge in [0.05, 0.1) is 12.5 Å². The smallest absolute Gasteiger partial charge is 0.263 e. The van der Waals surface area contributed by atoms with Crippen molar-refractivity contribution < 1.29 is 9.53 Å². The van der Waals surface area contributed by atoms with E-state index in [9.17, 15) is 9.59 Å². The van der Waals surface area contributed by atoms with Gasteiger partial charge >= 0.3 is 0 Å². The number of anilines is 1. The van der Waals surface area contributed by atoms with E-state index < -0.39 is 0 Å². The van der Waals surface area contributed by atoms with E-state index in [1.807, 2.05) is 60.8 Å². The maximum absolute atomic E-state index is 13.4. The van der Waals surface area contributed by atoms with Crippen LogP contribution in [-0.2, 0) is 17.8 Å². The van der Waals surface area contributed by atoms with Crippen molar-refractivity contribution in [3.8, 4) is 16.9 Å². The molecule has 1 amide bonds. The van der Waals surface area contributed by atoms with E-state index in [1.54, 1.807) is 14.0 Å². The first-order valence-electron chi connectivity index (χ1n) is 10.0. The first kappa shape index (κ1) is 20.8. The van der Waals surface area contributed by atoms with Crippen molar-refractivity contribution in [2.24, 2.45) is 0 Å². The number of benzene rings is 2. The third kappa shape index (κ3) is 4.09. The van der Waals surface area contributed by atoms with Gasteiger partial charge in [0.25, 0.3) is 5.56 Å². The summed E-state index contributed by atoms with van der Waals surface area (Å²) in [5.41, 5.74) is 3.32. The summed E-state index contributed by atoms with van der Waals surface area (Å²) in [6, 6.07) is 15.2. The number of rotatable bonds is 6. The van der Waals surface area contributed by atoms with Crippen LogP contribution in [0.3, 0.4) is 0 Å². The molecule has 0 radical (unpaired) electrons. The Labute approximate surface area is 184 Å². The van der Waals surface area contributed by atoms with Gasteiger partial charge in [-0.1, -0.05) is 37.3 Å². The number of hydrogen-bond acceptors (Lipinski definition) is 5. The van der Waals surface area contributed by atoms with E-state index >= 15 is 0 Å². The van der Waals surface area contributed by atoms with Gasteiger partial charge in [-0.15, -0.1) is 11.3 Å². The zero-order valence-corrected chi connectivity index (χ0v) is 18.5. The molecule has 1 N–H and O–H groups in total. The van der Waals surface area contributed by atoms with E-state index in [0.29, 0.717) is 16.0 Å². The second kappa shape index (κ2) is 8.73. The lowest BCUT2D eigenvalue weighted by Crippen LogP contribution is -2.30. The highest BCUT2D eigenvalue weighted by atomic mass is 32.1. The van der Waals surface area contributed by atoms with Crippen LogP contribution < -0.4 is 15.6 Å². The molecule has 4 aromatic rings. The molecule has 4 rings (SSSR count). The molecule has 2 aromatic heterocycles. The molecule has 31 heavy (non-hydrogen) atoms. The zero-order chi connectivity index (χ0) is 22.0. The molecule has 0 spiro atoms. The van der Waals surface area contributed by atoms with Gasteiger partial charge in [0.1, 0.15) is 22.9 Å². The van der Waals surface area contributed by atoms with Crippen molar-refractivity contribution >= 4 is 33.1 Å². The lowest BCUT2D eigenvalue weighted by atomic mass is 10.1. The maximum Gasteiger partial charge on any atom is 0.263 e. The van der Waals surface area contributed by atoms with Crippen LogP contribution in [0, 0.1) is 6.92 Å². The Kier molecular flexibility index (Phi) is 5.86. The van der Waals surface area contributed by atoms with Gasteiger partial charge in [-0.2, -0.15) is 0 Å². The molecule has 0 aliphatic rings. The molecule has 0 atom stereocenters. The standard InChI is InChI=1S/C24H23N3O3S/c1-4-16-7-5-6-8-20(16)26-21(28)13-27-15(2)25-23-22(24(27)29)19(14-31-23)17-9-11-18(30-3)12-10-17/h5-12,14H,4,13H2,1-3H3,(H,26,28). The summed E-state index contributed by atoms with van der Waals surface area (Å²) in [6.07, 6.45) is 0.809. The minimum absolute atomic E-state index is 0.0937. The number of ether oxygens (including phenoxy) is 1. The second-order valence-electron chi connectivity index (χ2n) is 7.17. The van der Waals surface area contributed by atoms with Crippen molar-refractivity contribution in [2.75, 3.05) is 12.4 Å². The number of aryl methyl sites for hydroxylation is 2. The SMILES string of the molecule is CCc1ccccc1NC(=O)Cn1c(C)nc2scc(-c3ccc(OC)cc3)c2c1=O. The fraction of sp³-hybridized carbons (Fsp3) is 0.208. The maximum atomic E-state index is 13.4. The molecule has 7 heteroatoms. The lowest BCUT2D eigenvalue weighted by Gasteiger charge is -2.12. The Morgan fingerprint density at radius 1 is 1.16 bits per heavy atom. The number of carbonyl (C=O) groups excluding carboxylic acids is 1. The lowest BCUT2D eigenvalue weighted by molar-refractivity contribution is -0.116. The zero-order valence-electron chi connectivity index (χ0n) is 17.6. The van der Waals surface area contributed by atoms with Crippen molar-refractivity contribution in [1.29, 1.82) is 0 Å². The third-order valence-electron chi connectivity index (χ3n) is 5.26. The van der Waals surface area contributed by atoms with Crippen LogP contribution in [0.5, 0.6) is 5.75 Å². The van der Waals surface area contributed by atoms with Gasteiger partial charge in [-0.25, -0.2) is 4.98 Å². The van der Waals surface area contributed by atoms with E-state index in [1.165, 1.54) is 15.9 Å². The summed E-state index contributed by atoms with van der Waals surface area (Å²) in [5, 5.41) is 5.39. The summed E-state index contributed by atoms with van der Waals surface area (Å²) in [5.74, 6) is 1.01. The number of hydrogen-bond donors (Lipinski definition) is 1. The Balaban J connectivity index is 1.69. The molecule has 0 saturated carbocycles. The van der Waals surface area contributed by atoms with Crippen LogP contribution in [0.4, 0.5) is 5.69 Å². The molecular formula is C24H23N3O3S. The summed E-state index contributed by atoms with van der Waals surface area (Å²) < 4.78 is 6.66. The highest BCUT2D eigenvalue weighted by molar-refractivity contribution is 7.17. The summed E-state index contributed by atoms with van der Waals surface area (Å²) in [6.45, 7) is 3.69. The Bertz CT molecular complexity index is 1310. The summed E-state index contributed by atoms with van der Waals surface area (Å²) >= 11 is 1.43. The Morgan fingerprint density at radius 2 is 1.90 bits per heavy atom. The van der Waals surface area contributed by atoms with Gasteiger partial charge in [0.15, 0.2) is 0 Å². The van der Waals surface area contributed by atoms with Crippen LogP contribution in [0.25, 0.3) is 21.3 Å². The van der Waals surface area contributed by atoms with Crippen LogP contribution in [0.15, 0.2) is 58.7 Å². The van der Waals surface area contributed by atoms with Crippen molar-refractivity contribution in [1.82, 2.24) is 9.55 Å². The predicted molar refractivity (Wildman–Crippen MR) is 125 cm³/mol. The molecule has 158 valence electrons. The average Bonchev–Trinajstić information content (AvgIpc) is 3.21. The largest absolute Gasteiger partial charge is 0.497 e. The van der Waals surface area contributed by atoms with Crippen molar-refractivity contribution in [2.45, 2.75) is 26.8 Å². The van der Waals surface area contributed by atoms with E-state index in [2.05, 4.69) is 10.3 Å². The molecule has 0 fully saturated rings. The van der Waals surface area contributed by atoms with E-state index in [4.69, 9.17) is 4.74 Å². The summed E-state index contributed by atoms with van der Waals surface area (Å²) in [4.78, 5) is 31.4. The van der Waals surface area contributed by atoms with Crippen LogP contribution in [0.1, 0.15) is 18.3 Å². The number of thiophene rings is 1. The normalized spacial score (nSPS) is 10.9. The average molecular weight is 434 g/mol. The minimum atomic E-state index is -0.256. The highest BCUT2D eigenvalue weighted by Crippen LogP contribution is 2.32. The van der Waals surface area contributed by atoms with E-state index in [-0.39, 0.29) is 18.0 Å². The first-order chi connectivity index (χ1) is 15.0. The fourth-order valence-corrected chi connectivity index (χ4v) is 4.56. The van der Waals surface area contributed by atoms with Crippen LogP contribution in [-0.4, -0.2) is 22.6 Å². The van der Waals surface area contributed by atoms with E-state index in [0.717, 1.165) is 34.5 Å². The minimum Gasteiger partial charge on any atom is -0.497 e. The number of nitrogens with one attached hydrogen (secondary N) is 1. The molecule has 0 saturated heterocycles. The highest BCUT2D eigenvalue weighted by Gasteiger charge is 2.17. The molecular weight excluding hydrogens is 410 g/mol. The van der Waals surface area contributed by atoms with Gasteiger partial charge in [-0.3, -0.25) is 14.2 Å². The monoisotopic (exact) mass is 433 g/mol. The molecule has 2 aromatic carbocycles. The third-order valence-corrected chi connectivity index (χ3v) is 6.13. The number of para-hydroxylation sites is 1. The molecule has 0 unspecified atom stereocenters. The number of nitrogens with zero attached hydrogens (tertiary/aromatic N) is 2. The molecule has 0 bridgehead atoms. The number of carbonyl (C=O) groups is 1. The fourth-order valence-electron chi connectivity index (χ4n) is 3.58. The first-order valence-corrected chi connectivity index (χ1v) is 10.9. The molecule has 0 aliphatic heterocycles. The predicted octanol–water partition coefficient (Wildman–Crippen LogP) is 4.64. The Morgan fingerprint density at radius 3 is 2.61 bits per heavy atom. The van der Waals surface area contributed by atoms with Crippen LogP contribution >= 0.6 is 11.3 Å². The van der Waals surface area contributed by atoms with Gasteiger partial charge in [0.2, 0.25) is 5.91 Å². The van der Waals surface area contributed by atoms with Gasteiger partial charge in [-0.05, 0) is 42.7 Å². The second-order valence-corrected chi connectivity index (χ2v) is 8.03. The molecule has 6 nitrogen and oxygen atoms in total. The van der Waals surface area contributed by atoms with Crippen molar-refractivity contribution in [3.05, 3.63) is 75.7 Å². The quantitative estimate of drug-likeness (QED) is 0.481. The number of aromatic nitrogens is 2. The van der Waals surface area contributed by atoms with Gasteiger partial charge in [0, 0.05) is 16.6 Å². The number of amides is 1. The number of methoxy groups -OCH3 is 1. The topological polar surface area (TPSA) is 73.2 Å². The number of fused-ring (bicyclic) bond motifs is 1.